The highest BCUT2D eigenvalue weighted by molar-refractivity contribution is 5.20. The van der Waals surface area contributed by atoms with Crippen molar-refractivity contribution < 1.29 is 4.74 Å². The summed E-state index contributed by atoms with van der Waals surface area (Å²) in [6.45, 7) is 2.92. The maximum absolute atomic E-state index is 5.15. The lowest BCUT2D eigenvalue weighted by Crippen LogP contribution is -1.97. The molecule has 2 rings (SSSR count). The predicted octanol–water partition coefficient (Wildman–Crippen LogP) is 0.800. The highest BCUT2D eigenvalue weighted by Crippen LogP contribution is 2.30. The maximum Gasteiger partial charge on any atom is 0.123 e. The molecule has 1 aliphatic rings. The minimum Gasteiger partial charge on any atom is -0.366 e. The standard InChI is InChI=1S/C7H10N2O/c1-5-3-8-9(2)7(5)6-4-10-6/h3,6H,4H2,1-2H3/t6-/m1/s1. The molecule has 1 fully saturated rings. The summed E-state index contributed by atoms with van der Waals surface area (Å²) in [4.78, 5) is 0. The Morgan fingerprint density at radius 2 is 2.50 bits per heavy atom. The predicted molar refractivity (Wildman–Crippen MR) is 36.6 cm³/mol. The van der Waals surface area contributed by atoms with E-state index < -0.39 is 0 Å². The molecular formula is C7H10N2O. The van der Waals surface area contributed by atoms with E-state index in [1.807, 2.05) is 17.9 Å². The lowest BCUT2D eigenvalue weighted by molar-refractivity contribution is 0.403. The average Bonchev–Trinajstić information content (AvgIpc) is 2.64. The molecule has 0 radical (unpaired) electrons. The van der Waals surface area contributed by atoms with E-state index in [-0.39, 0.29) is 0 Å². The molecule has 0 N–H and O–H groups in total. The van der Waals surface area contributed by atoms with E-state index in [0.29, 0.717) is 6.10 Å². The van der Waals surface area contributed by atoms with E-state index in [1.165, 1.54) is 11.3 Å². The van der Waals surface area contributed by atoms with E-state index in [9.17, 15) is 0 Å². The lowest BCUT2D eigenvalue weighted by Gasteiger charge is -1.96. The topological polar surface area (TPSA) is 30.4 Å². The molecule has 1 aliphatic heterocycles. The number of hydrogen-bond donors (Lipinski definition) is 0. The highest BCUT2D eigenvalue weighted by atomic mass is 16.6. The molecule has 0 saturated carbocycles. The molecule has 10 heavy (non-hydrogen) atoms. The number of hydrogen-bond acceptors (Lipinski definition) is 2. The zero-order chi connectivity index (χ0) is 7.14. The molecule has 0 aliphatic carbocycles. The molecule has 1 saturated heterocycles. The molecule has 1 aromatic heterocycles. The van der Waals surface area contributed by atoms with E-state index in [2.05, 4.69) is 12.0 Å². The molecule has 3 heteroatoms. The molecule has 0 aromatic carbocycles. The first-order valence-electron chi connectivity index (χ1n) is 3.39. The molecule has 0 bridgehead atoms. The number of epoxide rings is 1. The Bertz CT molecular complexity index is 231. The Labute approximate surface area is 59.6 Å². The number of rotatable bonds is 1. The van der Waals surface area contributed by atoms with Gasteiger partial charge in [-0.25, -0.2) is 0 Å². The van der Waals surface area contributed by atoms with Gasteiger partial charge in [-0.15, -0.1) is 0 Å². The van der Waals surface area contributed by atoms with Crippen LogP contribution in [0.4, 0.5) is 0 Å². The molecule has 3 nitrogen and oxygen atoms in total. The number of aromatic nitrogens is 2. The van der Waals surface area contributed by atoms with Crippen LogP contribution in [-0.2, 0) is 11.8 Å². The molecule has 0 unspecified atom stereocenters. The van der Waals surface area contributed by atoms with Gasteiger partial charge >= 0.3 is 0 Å². The molecule has 1 atom stereocenters. The van der Waals surface area contributed by atoms with Gasteiger partial charge in [0, 0.05) is 7.05 Å². The monoisotopic (exact) mass is 138 g/mol. The van der Waals surface area contributed by atoms with Gasteiger partial charge in [0.1, 0.15) is 6.10 Å². The first-order chi connectivity index (χ1) is 4.79. The van der Waals surface area contributed by atoms with Crippen molar-refractivity contribution in [2.24, 2.45) is 7.05 Å². The highest BCUT2D eigenvalue weighted by Gasteiger charge is 2.29. The van der Waals surface area contributed by atoms with Crippen LogP contribution in [0.2, 0.25) is 0 Å². The fraction of sp³-hybridized carbons (Fsp3) is 0.571. The van der Waals surface area contributed by atoms with Crippen molar-refractivity contribution in [2.75, 3.05) is 6.61 Å². The van der Waals surface area contributed by atoms with Gasteiger partial charge in [0.25, 0.3) is 0 Å². The number of aryl methyl sites for hydroxylation is 2. The summed E-state index contributed by atoms with van der Waals surface area (Å²) in [5.41, 5.74) is 2.45. The van der Waals surface area contributed by atoms with Crippen LogP contribution in [0.25, 0.3) is 0 Å². The van der Waals surface area contributed by atoms with Gasteiger partial charge in [-0.1, -0.05) is 0 Å². The zero-order valence-electron chi connectivity index (χ0n) is 6.16. The summed E-state index contributed by atoms with van der Waals surface area (Å²) in [5.74, 6) is 0. The Hall–Kier alpha value is -0.830. The first-order valence-corrected chi connectivity index (χ1v) is 3.39. The summed E-state index contributed by atoms with van der Waals surface area (Å²) < 4.78 is 7.04. The van der Waals surface area contributed by atoms with Crippen molar-refractivity contribution in [3.63, 3.8) is 0 Å². The van der Waals surface area contributed by atoms with Crippen LogP contribution in [0.15, 0.2) is 6.20 Å². The minimum absolute atomic E-state index is 0.326. The summed E-state index contributed by atoms with van der Waals surface area (Å²) in [6.07, 6.45) is 2.20. The molecule has 0 spiro atoms. The van der Waals surface area contributed by atoms with Crippen molar-refractivity contribution in [2.45, 2.75) is 13.0 Å². The van der Waals surface area contributed by atoms with Crippen molar-refractivity contribution in [1.29, 1.82) is 0 Å². The molecular weight excluding hydrogens is 128 g/mol. The smallest absolute Gasteiger partial charge is 0.123 e. The number of ether oxygens (including phenoxy) is 1. The molecule has 1 aromatic rings. The van der Waals surface area contributed by atoms with Crippen LogP contribution in [0.1, 0.15) is 17.4 Å². The first kappa shape index (κ1) is 5.92. The van der Waals surface area contributed by atoms with Crippen molar-refractivity contribution in [3.05, 3.63) is 17.5 Å². The van der Waals surface area contributed by atoms with Crippen LogP contribution in [0.3, 0.4) is 0 Å². The van der Waals surface area contributed by atoms with Gasteiger partial charge in [-0.3, -0.25) is 4.68 Å². The van der Waals surface area contributed by atoms with Crippen LogP contribution in [0, 0.1) is 6.92 Å². The maximum atomic E-state index is 5.15. The molecule has 0 amide bonds. The summed E-state index contributed by atoms with van der Waals surface area (Å²) >= 11 is 0. The Balaban J connectivity index is 2.44. The fourth-order valence-electron chi connectivity index (χ4n) is 1.23. The normalized spacial score (nSPS) is 23.2. The zero-order valence-corrected chi connectivity index (χ0v) is 6.16. The Morgan fingerprint density at radius 1 is 1.80 bits per heavy atom. The second-order valence-corrected chi connectivity index (χ2v) is 2.66. The largest absolute Gasteiger partial charge is 0.366 e. The molecule has 54 valence electrons. The van der Waals surface area contributed by atoms with E-state index in [0.717, 1.165) is 6.61 Å². The second-order valence-electron chi connectivity index (χ2n) is 2.66. The molecule has 2 heterocycles. The van der Waals surface area contributed by atoms with Crippen LogP contribution in [0.5, 0.6) is 0 Å². The van der Waals surface area contributed by atoms with Crippen LogP contribution < -0.4 is 0 Å². The third-order valence-corrected chi connectivity index (χ3v) is 1.82. The van der Waals surface area contributed by atoms with Crippen molar-refractivity contribution in [3.8, 4) is 0 Å². The summed E-state index contributed by atoms with van der Waals surface area (Å²) in [5, 5.41) is 4.11. The van der Waals surface area contributed by atoms with Gasteiger partial charge in [-0.05, 0) is 12.5 Å². The average molecular weight is 138 g/mol. The second kappa shape index (κ2) is 1.83. The fourth-order valence-corrected chi connectivity index (χ4v) is 1.23. The summed E-state index contributed by atoms with van der Waals surface area (Å²) in [6, 6.07) is 0. The third-order valence-electron chi connectivity index (χ3n) is 1.82. The van der Waals surface area contributed by atoms with E-state index in [4.69, 9.17) is 4.74 Å². The lowest BCUT2D eigenvalue weighted by atomic mass is 10.2. The van der Waals surface area contributed by atoms with E-state index in [1.54, 1.807) is 0 Å². The summed E-state index contributed by atoms with van der Waals surface area (Å²) in [7, 11) is 1.95. The minimum atomic E-state index is 0.326. The number of nitrogens with zero attached hydrogens (tertiary/aromatic N) is 2. The van der Waals surface area contributed by atoms with Crippen molar-refractivity contribution in [1.82, 2.24) is 9.78 Å². The van der Waals surface area contributed by atoms with Gasteiger partial charge in [0.15, 0.2) is 0 Å². The van der Waals surface area contributed by atoms with Gasteiger partial charge in [-0.2, -0.15) is 5.10 Å². The Kier molecular flexibility index (Phi) is 1.08. The van der Waals surface area contributed by atoms with E-state index >= 15 is 0 Å². The van der Waals surface area contributed by atoms with Gasteiger partial charge in [0.2, 0.25) is 0 Å². The van der Waals surface area contributed by atoms with Gasteiger partial charge in [0.05, 0.1) is 18.5 Å². The van der Waals surface area contributed by atoms with Gasteiger partial charge < -0.3 is 4.74 Å². The van der Waals surface area contributed by atoms with Crippen LogP contribution in [-0.4, -0.2) is 16.4 Å². The SMILES string of the molecule is Cc1cnn(C)c1[C@H]1CO1. The Morgan fingerprint density at radius 3 is 2.90 bits per heavy atom. The third kappa shape index (κ3) is 0.743. The van der Waals surface area contributed by atoms with Crippen LogP contribution >= 0.6 is 0 Å². The quantitative estimate of drug-likeness (QED) is 0.537. The van der Waals surface area contributed by atoms with Crippen molar-refractivity contribution >= 4 is 0 Å².